The van der Waals surface area contributed by atoms with E-state index in [1.807, 2.05) is 0 Å². The number of aromatic nitrogens is 3. The van der Waals surface area contributed by atoms with Gasteiger partial charge in [-0.1, -0.05) is 0 Å². The number of hydrogen-bond acceptors (Lipinski definition) is 7. The van der Waals surface area contributed by atoms with E-state index in [1.165, 1.54) is 36.5 Å². The number of nitrogen functional groups attached to an aromatic ring is 1. The van der Waals surface area contributed by atoms with E-state index in [-0.39, 0.29) is 36.2 Å². The summed E-state index contributed by atoms with van der Waals surface area (Å²) in [6.45, 7) is 1.45. The summed E-state index contributed by atoms with van der Waals surface area (Å²) in [7, 11) is 0. The highest BCUT2D eigenvalue weighted by molar-refractivity contribution is 5.93. The van der Waals surface area contributed by atoms with Crippen molar-refractivity contribution in [1.82, 2.24) is 19.9 Å². The summed E-state index contributed by atoms with van der Waals surface area (Å²) >= 11 is 0. The molecule has 4 rings (SSSR count). The number of halogens is 3. The van der Waals surface area contributed by atoms with Gasteiger partial charge in [0.1, 0.15) is 23.1 Å². The molecule has 9 nitrogen and oxygen atoms in total. The second-order valence-electron chi connectivity index (χ2n) is 8.20. The van der Waals surface area contributed by atoms with Crippen LogP contribution in [0.4, 0.5) is 24.8 Å². The van der Waals surface area contributed by atoms with Crippen molar-refractivity contribution in [2.75, 3.05) is 24.1 Å². The van der Waals surface area contributed by atoms with Crippen LogP contribution in [0, 0.1) is 5.82 Å². The molecule has 4 N–H and O–H groups in total. The summed E-state index contributed by atoms with van der Waals surface area (Å²) in [6, 6.07) is 7.84. The third-order valence-corrected chi connectivity index (χ3v) is 5.81. The monoisotopic (exact) mass is 488 g/mol. The van der Waals surface area contributed by atoms with E-state index in [9.17, 15) is 22.8 Å². The Bertz CT molecular complexity index is 1250. The lowest BCUT2D eigenvalue weighted by Gasteiger charge is -2.40. The summed E-state index contributed by atoms with van der Waals surface area (Å²) in [5.74, 6) is -4.56. The van der Waals surface area contributed by atoms with Crippen LogP contribution in [0.2, 0.25) is 0 Å². The highest BCUT2D eigenvalue weighted by Gasteiger charge is 2.47. The zero-order valence-electron chi connectivity index (χ0n) is 18.7. The van der Waals surface area contributed by atoms with Crippen molar-refractivity contribution in [2.24, 2.45) is 0 Å². The lowest BCUT2D eigenvalue weighted by atomic mass is 9.90. The number of nitrogens with two attached hydrogens (primary N) is 1. The van der Waals surface area contributed by atoms with Crippen LogP contribution >= 0.6 is 0 Å². The fourth-order valence-corrected chi connectivity index (χ4v) is 3.75. The Morgan fingerprint density at radius 1 is 1.26 bits per heavy atom. The second-order valence-corrected chi connectivity index (χ2v) is 8.20. The Labute approximate surface area is 198 Å². The molecule has 1 amide bonds. The topological polar surface area (TPSA) is 126 Å². The number of nitrogens with one attached hydrogen (secondary N) is 2. The number of rotatable bonds is 6. The third-order valence-electron chi connectivity index (χ3n) is 5.81. The first-order valence-corrected chi connectivity index (χ1v) is 10.8. The van der Waals surface area contributed by atoms with Gasteiger partial charge >= 0.3 is 0 Å². The molecule has 3 aromatic rings. The standard InChI is InChI=1S/C23H23F3N6O3/c1-13(32-9-8-23(25,26)17(12-32)18-11-29-22(34)20(27)30-18)21(33)31-19-7-6-16(10-28-19)35-15-4-2-14(24)3-5-15/h2-7,10-11,13,17H,8-9,12H2,1H3,(H2,27,30)(H,29,34)(H,28,31,33)/t13-,17+/m0/s1. The molecule has 0 bridgehead atoms. The van der Waals surface area contributed by atoms with E-state index in [4.69, 9.17) is 10.5 Å². The maximum Gasteiger partial charge on any atom is 0.290 e. The summed E-state index contributed by atoms with van der Waals surface area (Å²) in [4.78, 5) is 36.1. The van der Waals surface area contributed by atoms with Crippen LogP contribution in [0.1, 0.15) is 25.0 Å². The number of anilines is 2. The maximum atomic E-state index is 14.6. The summed E-state index contributed by atoms with van der Waals surface area (Å²) in [5.41, 5.74) is 4.80. The predicted octanol–water partition coefficient (Wildman–Crippen LogP) is 3.13. The minimum absolute atomic E-state index is 0.00516. The number of likely N-dealkylation sites (tertiary alicyclic amines) is 1. The molecule has 1 fully saturated rings. The van der Waals surface area contributed by atoms with E-state index in [0.29, 0.717) is 11.5 Å². The molecule has 12 heteroatoms. The lowest BCUT2D eigenvalue weighted by Crippen LogP contribution is -2.52. The van der Waals surface area contributed by atoms with Gasteiger partial charge in [0.15, 0.2) is 5.82 Å². The molecule has 0 spiro atoms. The van der Waals surface area contributed by atoms with Gasteiger partial charge in [0.25, 0.3) is 11.5 Å². The first-order chi connectivity index (χ1) is 16.6. The lowest BCUT2D eigenvalue weighted by molar-refractivity contribution is -0.125. The number of benzene rings is 1. The minimum Gasteiger partial charge on any atom is -0.456 e. The van der Waals surface area contributed by atoms with Gasteiger partial charge in [0, 0.05) is 25.7 Å². The molecule has 2 atom stereocenters. The molecule has 3 heterocycles. The summed E-state index contributed by atoms with van der Waals surface area (Å²) in [6.07, 6.45) is 2.04. The Morgan fingerprint density at radius 2 is 1.97 bits per heavy atom. The van der Waals surface area contributed by atoms with Crippen molar-refractivity contribution in [2.45, 2.75) is 31.2 Å². The number of hydrogen-bond donors (Lipinski definition) is 3. The quantitative estimate of drug-likeness (QED) is 0.487. The first-order valence-electron chi connectivity index (χ1n) is 10.8. The summed E-state index contributed by atoms with van der Waals surface area (Å²) < 4.78 is 47.9. The van der Waals surface area contributed by atoms with Crippen LogP contribution in [0.5, 0.6) is 11.5 Å². The van der Waals surface area contributed by atoms with Crippen LogP contribution in [-0.4, -0.2) is 50.8 Å². The molecule has 1 aliphatic rings. The molecular formula is C23H23F3N6O3. The van der Waals surface area contributed by atoms with Crippen LogP contribution in [0.25, 0.3) is 0 Å². The zero-order valence-corrected chi connectivity index (χ0v) is 18.7. The number of H-pyrrole nitrogens is 1. The van der Waals surface area contributed by atoms with Crippen LogP contribution < -0.4 is 21.3 Å². The fourth-order valence-electron chi connectivity index (χ4n) is 3.75. The summed E-state index contributed by atoms with van der Waals surface area (Å²) in [5, 5.41) is 2.66. The van der Waals surface area contributed by atoms with E-state index in [1.54, 1.807) is 17.9 Å². The number of amides is 1. The second kappa shape index (κ2) is 9.74. The molecule has 184 valence electrons. The molecule has 2 aromatic heterocycles. The molecule has 0 aliphatic carbocycles. The smallest absolute Gasteiger partial charge is 0.290 e. The Balaban J connectivity index is 1.40. The molecule has 0 unspecified atom stereocenters. The zero-order chi connectivity index (χ0) is 25.2. The van der Waals surface area contributed by atoms with Crippen molar-refractivity contribution in [3.63, 3.8) is 0 Å². The average Bonchev–Trinajstić information content (AvgIpc) is 2.83. The van der Waals surface area contributed by atoms with Crippen molar-refractivity contribution < 1.29 is 22.7 Å². The SMILES string of the molecule is C[C@@H](C(=O)Nc1ccc(Oc2ccc(F)cc2)cn1)N1CCC(F)(F)[C@@H](c2c[nH]c(=O)c(N)n2)C1. The molecule has 1 aliphatic heterocycles. The van der Waals surface area contributed by atoms with E-state index in [2.05, 4.69) is 20.3 Å². The van der Waals surface area contributed by atoms with Crippen LogP contribution in [0.15, 0.2) is 53.6 Å². The number of nitrogens with zero attached hydrogens (tertiary/aromatic N) is 3. The number of carbonyl (C=O) groups is 1. The number of carbonyl (C=O) groups excluding carboxylic acids is 1. The van der Waals surface area contributed by atoms with Gasteiger partial charge < -0.3 is 20.8 Å². The predicted molar refractivity (Wildman–Crippen MR) is 122 cm³/mol. The normalized spacial score (nSPS) is 18.6. The minimum atomic E-state index is -3.08. The van der Waals surface area contributed by atoms with Crippen molar-refractivity contribution in [1.29, 1.82) is 0 Å². The number of aromatic amines is 1. The van der Waals surface area contributed by atoms with Gasteiger partial charge in [-0.25, -0.2) is 23.1 Å². The number of ether oxygens (including phenoxy) is 1. The molecular weight excluding hydrogens is 465 g/mol. The number of piperidine rings is 1. The van der Waals surface area contributed by atoms with Gasteiger partial charge in [-0.3, -0.25) is 14.5 Å². The largest absolute Gasteiger partial charge is 0.456 e. The molecule has 1 saturated heterocycles. The Kier molecular flexibility index (Phi) is 6.74. The van der Waals surface area contributed by atoms with Crippen molar-refractivity contribution in [3.8, 4) is 11.5 Å². The Hall–Kier alpha value is -3.93. The van der Waals surface area contributed by atoms with Crippen LogP contribution in [0.3, 0.4) is 0 Å². The Morgan fingerprint density at radius 3 is 2.63 bits per heavy atom. The number of alkyl halides is 2. The highest BCUT2D eigenvalue weighted by Crippen LogP contribution is 2.40. The van der Waals surface area contributed by atoms with Crippen LogP contribution in [-0.2, 0) is 4.79 Å². The molecule has 0 saturated carbocycles. The third kappa shape index (κ3) is 5.60. The fraction of sp³-hybridized carbons (Fsp3) is 0.304. The van der Waals surface area contributed by atoms with Gasteiger partial charge in [0.05, 0.1) is 23.9 Å². The van der Waals surface area contributed by atoms with Gasteiger partial charge in [-0.15, -0.1) is 0 Å². The first kappa shape index (κ1) is 24.2. The van der Waals surface area contributed by atoms with E-state index < -0.39 is 35.8 Å². The van der Waals surface area contributed by atoms with Gasteiger partial charge in [0.2, 0.25) is 5.91 Å². The maximum absolute atomic E-state index is 14.6. The highest BCUT2D eigenvalue weighted by atomic mass is 19.3. The van der Waals surface area contributed by atoms with Gasteiger partial charge in [-0.05, 0) is 43.3 Å². The van der Waals surface area contributed by atoms with E-state index in [0.717, 1.165) is 6.20 Å². The molecule has 0 radical (unpaired) electrons. The average molecular weight is 488 g/mol. The van der Waals surface area contributed by atoms with Crippen molar-refractivity contribution >= 4 is 17.5 Å². The number of pyridine rings is 1. The molecule has 35 heavy (non-hydrogen) atoms. The van der Waals surface area contributed by atoms with Gasteiger partial charge in [-0.2, -0.15) is 0 Å². The van der Waals surface area contributed by atoms with Crippen molar-refractivity contribution in [3.05, 3.63) is 70.7 Å². The van der Waals surface area contributed by atoms with E-state index >= 15 is 0 Å². The molecule has 1 aromatic carbocycles.